The predicted octanol–water partition coefficient (Wildman–Crippen LogP) is 2.74. The normalized spacial score (nSPS) is 11.2. The number of anilines is 2. The Hall–Kier alpha value is -1.95. The predicted molar refractivity (Wildman–Crippen MR) is 79.8 cm³/mol. The molecule has 0 atom stereocenters. The maximum absolute atomic E-state index is 5.91. The molecule has 0 spiro atoms. The minimum atomic E-state index is -0.148. The summed E-state index contributed by atoms with van der Waals surface area (Å²) in [6.45, 7) is 6.64. The van der Waals surface area contributed by atoms with Gasteiger partial charge in [0.15, 0.2) is 0 Å². The fraction of sp³-hybridized carbons (Fsp3) is 0.385. The third-order valence-corrected chi connectivity index (χ3v) is 2.44. The Labute approximate surface area is 123 Å². The number of rotatable bonds is 4. The van der Waals surface area contributed by atoms with Crippen molar-refractivity contribution in [3.05, 3.63) is 35.4 Å². The summed E-state index contributed by atoms with van der Waals surface area (Å²) >= 11 is 5.91. The Morgan fingerprint density at radius 3 is 2.55 bits per heavy atom. The van der Waals surface area contributed by atoms with Crippen molar-refractivity contribution < 1.29 is 0 Å². The molecule has 0 aromatic carbocycles. The van der Waals surface area contributed by atoms with Gasteiger partial charge < -0.3 is 10.6 Å². The number of nitrogens with zero attached hydrogens (tertiary/aromatic N) is 4. The standard InChI is InChI=1S/C13H17ClN6/c1-13(2,3)20-12-18-10(14)17-11(19-12)16-8-9-5-4-6-15-7-9/h4-7H,8H2,1-3H3,(H2,16,17,18,19,20). The Morgan fingerprint density at radius 1 is 1.15 bits per heavy atom. The van der Waals surface area contributed by atoms with Crippen molar-refractivity contribution >= 4 is 23.5 Å². The number of hydrogen-bond acceptors (Lipinski definition) is 6. The largest absolute Gasteiger partial charge is 0.350 e. The lowest BCUT2D eigenvalue weighted by molar-refractivity contribution is 0.625. The van der Waals surface area contributed by atoms with E-state index in [4.69, 9.17) is 11.6 Å². The van der Waals surface area contributed by atoms with E-state index in [1.54, 1.807) is 12.4 Å². The third-order valence-electron chi connectivity index (χ3n) is 2.27. The molecule has 20 heavy (non-hydrogen) atoms. The van der Waals surface area contributed by atoms with Crippen LogP contribution in [0.25, 0.3) is 0 Å². The van der Waals surface area contributed by atoms with Crippen LogP contribution in [0, 0.1) is 0 Å². The summed E-state index contributed by atoms with van der Waals surface area (Å²) in [6, 6.07) is 3.85. The highest BCUT2D eigenvalue weighted by atomic mass is 35.5. The van der Waals surface area contributed by atoms with Crippen LogP contribution in [0.1, 0.15) is 26.3 Å². The second kappa shape index (κ2) is 6.00. The number of pyridine rings is 1. The highest BCUT2D eigenvalue weighted by Gasteiger charge is 2.13. The molecule has 0 bridgehead atoms. The topological polar surface area (TPSA) is 75.6 Å². The van der Waals surface area contributed by atoms with Crippen molar-refractivity contribution in [2.75, 3.05) is 10.6 Å². The van der Waals surface area contributed by atoms with Gasteiger partial charge in [0, 0.05) is 24.5 Å². The van der Waals surface area contributed by atoms with Gasteiger partial charge in [0.2, 0.25) is 17.2 Å². The fourth-order valence-corrected chi connectivity index (χ4v) is 1.66. The zero-order valence-corrected chi connectivity index (χ0v) is 12.4. The summed E-state index contributed by atoms with van der Waals surface area (Å²) in [5, 5.41) is 6.42. The number of nitrogens with one attached hydrogen (secondary N) is 2. The van der Waals surface area contributed by atoms with Crippen molar-refractivity contribution in [1.29, 1.82) is 0 Å². The monoisotopic (exact) mass is 292 g/mol. The highest BCUT2D eigenvalue weighted by Crippen LogP contribution is 2.14. The molecule has 0 fully saturated rings. The summed E-state index contributed by atoms with van der Waals surface area (Å²) in [5.74, 6) is 0.881. The molecule has 2 aromatic heterocycles. The van der Waals surface area contributed by atoms with Crippen LogP contribution >= 0.6 is 11.6 Å². The molecule has 2 N–H and O–H groups in total. The average molecular weight is 293 g/mol. The summed E-state index contributed by atoms with van der Waals surface area (Å²) in [5.41, 5.74) is 0.889. The van der Waals surface area contributed by atoms with Gasteiger partial charge in [-0.3, -0.25) is 4.98 Å². The first-order chi connectivity index (χ1) is 9.42. The lowest BCUT2D eigenvalue weighted by atomic mass is 10.1. The fourth-order valence-electron chi connectivity index (χ4n) is 1.50. The summed E-state index contributed by atoms with van der Waals surface area (Å²) in [4.78, 5) is 16.4. The molecule has 2 rings (SSSR count). The van der Waals surface area contributed by atoms with Crippen LogP contribution in [-0.4, -0.2) is 25.5 Å². The van der Waals surface area contributed by atoms with Gasteiger partial charge in [0.1, 0.15) is 0 Å². The van der Waals surface area contributed by atoms with E-state index in [0.29, 0.717) is 18.4 Å². The van der Waals surface area contributed by atoms with E-state index < -0.39 is 0 Å². The molecular formula is C13H17ClN6. The van der Waals surface area contributed by atoms with Crippen LogP contribution in [0.4, 0.5) is 11.9 Å². The molecule has 2 heterocycles. The smallest absolute Gasteiger partial charge is 0.229 e. The van der Waals surface area contributed by atoms with Crippen molar-refractivity contribution in [2.45, 2.75) is 32.9 Å². The summed E-state index contributed by atoms with van der Waals surface area (Å²) < 4.78 is 0. The number of aromatic nitrogens is 4. The van der Waals surface area contributed by atoms with Crippen molar-refractivity contribution in [3.8, 4) is 0 Å². The van der Waals surface area contributed by atoms with Gasteiger partial charge in [-0.15, -0.1) is 0 Å². The Bertz CT molecular complexity index is 567. The number of halogens is 1. The first-order valence-electron chi connectivity index (χ1n) is 6.25. The van der Waals surface area contributed by atoms with E-state index in [1.165, 1.54) is 0 Å². The lowest BCUT2D eigenvalue weighted by Gasteiger charge is -2.20. The SMILES string of the molecule is CC(C)(C)Nc1nc(Cl)nc(NCc2cccnc2)n1. The molecule has 7 heteroatoms. The van der Waals surface area contributed by atoms with Crippen molar-refractivity contribution in [1.82, 2.24) is 19.9 Å². The van der Waals surface area contributed by atoms with E-state index in [2.05, 4.69) is 30.6 Å². The molecular weight excluding hydrogens is 276 g/mol. The molecule has 0 aliphatic carbocycles. The average Bonchev–Trinajstić information content (AvgIpc) is 2.35. The van der Waals surface area contributed by atoms with E-state index in [1.807, 2.05) is 32.9 Å². The Morgan fingerprint density at radius 2 is 1.90 bits per heavy atom. The molecule has 0 aliphatic rings. The maximum Gasteiger partial charge on any atom is 0.229 e. The van der Waals surface area contributed by atoms with Crippen LogP contribution in [0.5, 0.6) is 0 Å². The summed E-state index contributed by atoms with van der Waals surface area (Å²) in [6.07, 6.45) is 3.51. The second-order valence-electron chi connectivity index (χ2n) is 5.34. The Kier molecular flexibility index (Phi) is 4.34. The molecule has 0 saturated heterocycles. The van der Waals surface area contributed by atoms with E-state index in [-0.39, 0.29) is 10.8 Å². The zero-order chi connectivity index (χ0) is 14.6. The first-order valence-corrected chi connectivity index (χ1v) is 6.63. The first kappa shape index (κ1) is 14.5. The van der Waals surface area contributed by atoms with Gasteiger partial charge in [-0.05, 0) is 44.0 Å². The molecule has 106 valence electrons. The molecule has 0 radical (unpaired) electrons. The van der Waals surface area contributed by atoms with E-state index >= 15 is 0 Å². The molecule has 0 amide bonds. The molecule has 0 unspecified atom stereocenters. The van der Waals surface area contributed by atoms with Crippen LogP contribution in [-0.2, 0) is 6.54 Å². The van der Waals surface area contributed by atoms with Gasteiger partial charge in [-0.2, -0.15) is 15.0 Å². The van der Waals surface area contributed by atoms with Crippen LogP contribution in [0.15, 0.2) is 24.5 Å². The van der Waals surface area contributed by atoms with Crippen LogP contribution < -0.4 is 10.6 Å². The van der Waals surface area contributed by atoms with Gasteiger partial charge >= 0.3 is 0 Å². The second-order valence-corrected chi connectivity index (χ2v) is 5.68. The summed E-state index contributed by atoms with van der Waals surface area (Å²) in [7, 11) is 0. The zero-order valence-electron chi connectivity index (χ0n) is 11.7. The third kappa shape index (κ3) is 4.62. The molecule has 0 aliphatic heterocycles. The number of hydrogen-bond donors (Lipinski definition) is 2. The van der Waals surface area contributed by atoms with Gasteiger partial charge in [0.25, 0.3) is 0 Å². The van der Waals surface area contributed by atoms with Crippen molar-refractivity contribution in [2.24, 2.45) is 0 Å². The molecule has 2 aromatic rings. The molecule has 6 nitrogen and oxygen atoms in total. The maximum atomic E-state index is 5.91. The van der Waals surface area contributed by atoms with Crippen molar-refractivity contribution in [3.63, 3.8) is 0 Å². The minimum Gasteiger partial charge on any atom is -0.350 e. The van der Waals surface area contributed by atoms with Gasteiger partial charge in [-0.25, -0.2) is 0 Å². The molecule has 0 saturated carbocycles. The minimum absolute atomic E-state index is 0.148. The van der Waals surface area contributed by atoms with Crippen LogP contribution in [0.3, 0.4) is 0 Å². The van der Waals surface area contributed by atoms with E-state index in [9.17, 15) is 0 Å². The van der Waals surface area contributed by atoms with Gasteiger partial charge in [0.05, 0.1) is 0 Å². The van der Waals surface area contributed by atoms with Crippen LogP contribution in [0.2, 0.25) is 5.28 Å². The van der Waals surface area contributed by atoms with Gasteiger partial charge in [-0.1, -0.05) is 6.07 Å². The van der Waals surface area contributed by atoms with E-state index in [0.717, 1.165) is 5.56 Å². The highest BCUT2D eigenvalue weighted by molar-refractivity contribution is 6.28. The quantitative estimate of drug-likeness (QED) is 0.902. The Balaban J connectivity index is 2.08. The lowest BCUT2D eigenvalue weighted by Crippen LogP contribution is -2.27.